The van der Waals surface area contributed by atoms with Crippen molar-refractivity contribution in [2.75, 3.05) is 18.1 Å². The van der Waals surface area contributed by atoms with Crippen molar-refractivity contribution in [1.82, 2.24) is 15.5 Å². The van der Waals surface area contributed by atoms with Gasteiger partial charge >= 0.3 is 0 Å². The van der Waals surface area contributed by atoms with Crippen LogP contribution in [0.3, 0.4) is 0 Å². The molecule has 0 atom stereocenters. The highest BCUT2D eigenvalue weighted by atomic mass is 32.2. The molecule has 124 valence electrons. The Kier molecular flexibility index (Phi) is 7.91. The minimum Gasteiger partial charge on any atom is -0.355 e. The van der Waals surface area contributed by atoms with E-state index in [1.54, 1.807) is 23.1 Å². The molecular weight excluding hydrogens is 346 g/mol. The summed E-state index contributed by atoms with van der Waals surface area (Å²) in [7, 11) is 0. The second-order valence-electron chi connectivity index (χ2n) is 5.41. The van der Waals surface area contributed by atoms with Gasteiger partial charge < -0.3 is 5.32 Å². The Morgan fingerprint density at radius 3 is 2.57 bits per heavy atom. The lowest BCUT2D eigenvalue weighted by Gasteiger charge is -2.04. The van der Waals surface area contributed by atoms with E-state index in [1.165, 1.54) is 17.3 Å². The third-order valence-corrected chi connectivity index (χ3v) is 6.45. The number of hydrogen-bond acceptors (Lipinski definition) is 6. The van der Waals surface area contributed by atoms with E-state index >= 15 is 0 Å². The molecule has 4 nitrogen and oxygen atoms in total. The third kappa shape index (κ3) is 7.37. The predicted octanol–water partition coefficient (Wildman–Crippen LogP) is 3.74. The van der Waals surface area contributed by atoms with E-state index in [1.807, 2.05) is 18.2 Å². The van der Waals surface area contributed by atoms with Crippen molar-refractivity contribution >= 4 is 40.8 Å². The molecule has 0 unspecified atom stereocenters. The van der Waals surface area contributed by atoms with Gasteiger partial charge in [-0.1, -0.05) is 79.0 Å². The lowest BCUT2D eigenvalue weighted by Crippen LogP contribution is -2.27. The van der Waals surface area contributed by atoms with Crippen LogP contribution < -0.4 is 5.32 Å². The summed E-state index contributed by atoms with van der Waals surface area (Å²) in [6.45, 7) is 5.03. The van der Waals surface area contributed by atoms with Gasteiger partial charge in [0.2, 0.25) is 5.91 Å². The number of amides is 1. The van der Waals surface area contributed by atoms with Gasteiger partial charge in [-0.2, -0.15) is 0 Å². The molecule has 0 saturated heterocycles. The fourth-order valence-corrected chi connectivity index (χ4v) is 4.55. The Morgan fingerprint density at radius 1 is 1.17 bits per heavy atom. The molecule has 0 aliphatic carbocycles. The van der Waals surface area contributed by atoms with Crippen LogP contribution in [0.5, 0.6) is 0 Å². The Labute approximate surface area is 149 Å². The number of carbonyl (C=O) groups is 1. The molecule has 0 fully saturated rings. The van der Waals surface area contributed by atoms with E-state index in [0.717, 1.165) is 20.9 Å². The Morgan fingerprint density at radius 2 is 1.87 bits per heavy atom. The maximum absolute atomic E-state index is 11.8. The van der Waals surface area contributed by atoms with Crippen LogP contribution in [0, 0.1) is 5.92 Å². The highest BCUT2D eigenvalue weighted by Gasteiger charge is 2.09. The Balaban J connectivity index is 1.64. The molecule has 2 rings (SSSR count). The lowest BCUT2D eigenvalue weighted by atomic mass is 10.1. The van der Waals surface area contributed by atoms with Crippen molar-refractivity contribution in [3.63, 3.8) is 0 Å². The minimum atomic E-state index is 0.0394. The summed E-state index contributed by atoms with van der Waals surface area (Å²) in [5, 5.41) is 11.2. The van der Waals surface area contributed by atoms with Crippen molar-refractivity contribution < 1.29 is 4.79 Å². The second kappa shape index (κ2) is 9.95. The summed E-state index contributed by atoms with van der Waals surface area (Å²) in [5.41, 5.74) is 1.23. The van der Waals surface area contributed by atoms with Crippen molar-refractivity contribution in [3.05, 3.63) is 35.9 Å². The van der Waals surface area contributed by atoms with Gasteiger partial charge in [-0.25, -0.2) is 0 Å². The summed E-state index contributed by atoms with van der Waals surface area (Å²) >= 11 is 4.74. The van der Waals surface area contributed by atoms with Gasteiger partial charge in [-0.15, -0.1) is 10.2 Å². The lowest BCUT2D eigenvalue weighted by molar-refractivity contribution is -0.118. The predicted molar refractivity (Wildman–Crippen MR) is 99.4 cm³/mol. The van der Waals surface area contributed by atoms with E-state index in [-0.39, 0.29) is 5.91 Å². The smallest absolute Gasteiger partial charge is 0.230 e. The largest absolute Gasteiger partial charge is 0.355 e. The molecule has 1 aromatic heterocycles. The van der Waals surface area contributed by atoms with Crippen LogP contribution in [0.1, 0.15) is 19.4 Å². The van der Waals surface area contributed by atoms with E-state index < -0.39 is 0 Å². The second-order valence-corrected chi connectivity index (χ2v) is 8.88. The molecule has 0 aliphatic heterocycles. The fraction of sp³-hybridized carbons (Fsp3) is 0.438. The highest BCUT2D eigenvalue weighted by Crippen LogP contribution is 2.29. The topological polar surface area (TPSA) is 54.9 Å². The first-order valence-corrected chi connectivity index (χ1v) is 10.3. The van der Waals surface area contributed by atoms with Crippen LogP contribution in [0.25, 0.3) is 0 Å². The van der Waals surface area contributed by atoms with Crippen LogP contribution in [-0.4, -0.2) is 34.2 Å². The molecule has 2 aromatic rings. The molecule has 0 bridgehead atoms. The van der Waals surface area contributed by atoms with Crippen molar-refractivity contribution in [1.29, 1.82) is 0 Å². The monoisotopic (exact) mass is 367 g/mol. The maximum Gasteiger partial charge on any atom is 0.230 e. The average molecular weight is 368 g/mol. The quantitative estimate of drug-likeness (QED) is 0.684. The van der Waals surface area contributed by atoms with Gasteiger partial charge in [0.25, 0.3) is 0 Å². The van der Waals surface area contributed by atoms with Gasteiger partial charge in [0.1, 0.15) is 0 Å². The van der Waals surface area contributed by atoms with Gasteiger partial charge in [0, 0.05) is 12.3 Å². The van der Waals surface area contributed by atoms with Gasteiger partial charge in [0.15, 0.2) is 8.68 Å². The number of carbonyl (C=O) groups excluding carboxylic acids is 1. The van der Waals surface area contributed by atoms with Crippen LogP contribution in [0.15, 0.2) is 39.0 Å². The zero-order chi connectivity index (χ0) is 16.5. The van der Waals surface area contributed by atoms with Crippen LogP contribution in [0.2, 0.25) is 0 Å². The molecular formula is C16H21N3OS3. The highest BCUT2D eigenvalue weighted by molar-refractivity contribution is 8.03. The SMILES string of the molecule is CC(C)CSc1nnc(SCC(=O)NCCc2ccccc2)s1. The molecule has 1 heterocycles. The zero-order valence-corrected chi connectivity index (χ0v) is 15.8. The first-order chi connectivity index (χ1) is 11.1. The number of nitrogens with one attached hydrogen (secondary N) is 1. The van der Waals surface area contributed by atoms with Crippen LogP contribution in [0.4, 0.5) is 0 Å². The molecule has 1 N–H and O–H groups in total. The van der Waals surface area contributed by atoms with E-state index in [4.69, 9.17) is 0 Å². The maximum atomic E-state index is 11.8. The number of aromatic nitrogens is 2. The first kappa shape index (κ1) is 18.3. The van der Waals surface area contributed by atoms with Gasteiger partial charge in [-0.05, 0) is 17.9 Å². The normalized spacial score (nSPS) is 10.9. The average Bonchev–Trinajstić information content (AvgIpc) is 3.00. The van der Waals surface area contributed by atoms with Crippen LogP contribution >= 0.6 is 34.9 Å². The van der Waals surface area contributed by atoms with E-state index in [2.05, 4.69) is 41.5 Å². The van der Waals surface area contributed by atoms with Crippen LogP contribution in [-0.2, 0) is 11.2 Å². The van der Waals surface area contributed by atoms with Crippen molar-refractivity contribution in [2.45, 2.75) is 28.9 Å². The Hall–Kier alpha value is -1.05. The molecule has 7 heteroatoms. The Bertz CT molecular complexity index is 602. The van der Waals surface area contributed by atoms with Crippen molar-refractivity contribution in [3.8, 4) is 0 Å². The fourth-order valence-electron chi connectivity index (χ4n) is 1.72. The minimum absolute atomic E-state index is 0.0394. The zero-order valence-electron chi connectivity index (χ0n) is 13.3. The molecule has 23 heavy (non-hydrogen) atoms. The molecule has 0 aliphatic rings. The number of rotatable bonds is 9. The number of benzene rings is 1. The summed E-state index contributed by atoms with van der Waals surface area (Å²) in [4.78, 5) is 11.8. The number of thioether (sulfide) groups is 2. The third-order valence-electron chi connectivity index (χ3n) is 2.83. The number of nitrogens with zero attached hydrogens (tertiary/aromatic N) is 2. The first-order valence-electron chi connectivity index (χ1n) is 7.53. The molecule has 1 amide bonds. The van der Waals surface area contributed by atoms with E-state index in [0.29, 0.717) is 18.2 Å². The summed E-state index contributed by atoms with van der Waals surface area (Å²) in [6.07, 6.45) is 0.853. The molecule has 0 saturated carbocycles. The van der Waals surface area contributed by atoms with Gasteiger partial charge in [0.05, 0.1) is 5.75 Å². The molecule has 0 spiro atoms. The van der Waals surface area contributed by atoms with Gasteiger partial charge in [-0.3, -0.25) is 4.79 Å². The molecule has 1 aromatic carbocycles. The summed E-state index contributed by atoms with van der Waals surface area (Å²) < 4.78 is 1.83. The summed E-state index contributed by atoms with van der Waals surface area (Å²) in [6, 6.07) is 10.2. The standard InChI is InChI=1S/C16H21N3OS3/c1-12(2)10-21-15-18-19-16(23-15)22-11-14(20)17-9-8-13-6-4-3-5-7-13/h3-7,12H,8-11H2,1-2H3,(H,17,20). The van der Waals surface area contributed by atoms with Crippen molar-refractivity contribution in [2.24, 2.45) is 5.92 Å². The number of hydrogen-bond donors (Lipinski definition) is 1. The van der Waals surface area contributed by atoms with E-state index in [9.17, 15) is 4.79 Å². The summed E-state index contributed by atoms with van der Waals surface area (Å²) in [5.74, 6) is 2.10. The molecule has 0 radical (unpaired) electrons.